The van der Waals surface area contributed by atoms with Crippen LogP contribution in [0, 0.1) is 40.4 Å². The van der Waals surface area contributed by atoms with Gasteiger partial charge in [-0.05, 0) is 48.6 Å². The fraction of sp³-hybridized carbons (Fsp3) is 0.657. The van der Waals surface area contributed by atoms with Crippen molar-refractivity contribution in [2.75, 3.05) is 6.61 Å². The number of fused-ring (bicyclic) bond motifs is 4. The van der Waals surface area contributed by atoms with E-state index < -0.39 is 106 Å². The Morgan fingerprint density at radius 1 is 0.851 bits per heavy atom. The van der Waals surface area contributed by atoms with Gasteiger partial charge in [-0.25, -0.2) is 4.79 Å². The van der Waals surface area contributed by atoms with Gasteiger partial charge >= 0.3 is 29.8 Å². The van der Waals surface area contributed by atoms with E-state index in [0.717, 1.165) is 6.92 Å². The van der Waals surface area contributed by atoms with Crippen molar-refractivity contribution in [1.82, 2.24) is 0 Å². The molecule has 0 aromatic heterocycles. The van der Waals surface area contributed by atoms with Crippen molar-refractivity contribution >= 4 is 35.6 Å². The van der Waals surface area contributed by atoms with E-state index in [2.05, 4.69) is 0 Å². The quantitative estimate of drug-likeness (QED) is 0.337. The lowest BCUT2D eigenvalue weighted by atomic mass is 9.55. The molecule has 47 heavy (non-hydrogen) atoms. The average molecular weight is 657 g/mol. The summed E-state index contributed by atoms with van der Waals surface area (Å²) in [5.41, 5.74) is -6.57. The molecule has 1 aromatic carbocycles. The summed E-state index contributed by atoms with van der Waals surface area (Å²) in [7, 11) is 0. The summed E-state index contributed by atoms with van der Waals surface area (Å²) in [4.78, 5) is 80.1. The maximum absolute atomic E-state index is 15.1. The minimum Gasteiger partial charge on any atom is -0.465 e. The summed E-state index contributed by atoms with van der Waals surface area (Å²) in [6.07, 6.45) is -3.80. The normalized spacial score (nSPS) is 39.6. The molecule has 0 bridgehead atoms. The maximum atomic E-state index is 15.1. The highest BCUT2D eigenvalue weighted by Gasteiger charge is 2.83. The molecular weight excluding hydrogens is 612 g/mol. The summed E-state index contributed by atoms with van der Waals surface area (Å²) in [5.74, 6) is -8.33. The van der Waals surface area contributed by atoms with Gasteiger partial charge in [0, 0.05) is 40.0 Å². The lowest BCUT2D eigenvalue weighted by Crippen LogP contribution is -2.65. The third-order valence-electron chi connectivity index (χ3n) is 11.2. The zero-order chi connectivity index (χ0) is 34.9. The number of ketones is 1. The number of carbonyl (C=O) groups is 6. The van der Waals surface area contributed by atoms with Crippen LogP contribution in [0.1, 0.15) is 78.6 Å². The van der Waals surface area contributed by atoms with E-state index in [1.807, 2.05) is 13.8 Å². The number of hydrogen-bond donors (Lipinski definition) is 1. The Morgan fingerprint density at radius 3 is 2.02 bits per heavy atom. The van der Waals surface area contributed by atoms with Crippen LogP contribution in [-0.2, 0) is 47.7 Å². The number of benzene rings is 1. The number of ether oxygens (including phenoxy) is 5. The van der Waals surface area contributed by atoms with Crippen LogP contribution in [0.5, 0.6) is 0 Å². The van der Waals surface area contributed by atoms with Crippen LogP contribution in [-0.4, -0.2) is 76.9 Å². The predicted molar refractivity (Wildman–Crippen MR) is 162 cm³/mol. The van der Waals surface area contributed by atoms with Crippen LogP contribution in [0.4, 0.5) is 0 Å². The first-order valence-corrected chi connectivity index (χ1v) is 16.0. The highest BCUT2D eigenvalue weighted by Crippen LogP contribution is 2.76. The number of aliphatic hydroxyl groups is 1. The monoisotopic (exact) mass is 656 g/mol. The van der Waals surface area contributed by atoms with E-state index in [4.69, 9.17) is 23.7 Å². The van der Waals surface area contributed by atoms with Gasteiger partial charge in [0.15, 0.2) is 5.60 Å². The van der Waals surface area contributed by atoms with E-state index in [0.29, 0.717) is 0 Å². The molecule has 256 valence electrons. The first kappa shape index (κ1) is 34.5. The Balaban J connectivity index is 1.90. The van der Waals surface area contributed by atoms with Crippen molar-refractivity contribution in [3.8, 4) is 0 Å². The molecule has 4 aliphatic carbocycles. The number of esters is 5. The molecule has 0 radical (unpaired) electrons. The zero-order valence-electron chi connectivity index (χ0n) is 28.1. The molecule has 0 aliphatic heterocycles. The van der Waals surface area contributed by atoms with Gasteiger partial charge in [-0.1, -0.05) is 39.0 Å². The fourth-order valence-electron chi connectivity index (χ4n) is 9.61. The van der Waals surface area contributed by atoms with Crippen molar-refractivity contribution in [3.63, 3.8) is 0 Å². The lowest BCUT2D eigenvalue weighted by Gasteiger charge is -2.54. The largest absolute Gasteiger partial charge is 0.465 e. The van der Waals surface area contributed by atoms with Crippen LogP contribution in [0.15, 0.2) is 30.3 Å². The second kappa shape index (κ2) is 11.7. The van der Waals surface area contributed by atoms with E-state index in [9.17, 15) is 29.1 Å². The Kier molecular flexibility index (Phi) is 8.61. The summed E-state index contributed by atoms with van der Waals surface area (Å²) in [6, 6.07) is 8.04. The van der Waals surface area contributed by atoms with Crippen LogP contribution in [0.25, 0.3) is 0 Å². The van der Waals surface area contributed by atoms with E-state index in [-0.39, 0.29) is 24.3 Å². The topological polar surface area (TPSA) is 169 Å². The highest BCUT2D eigenvalue weighted by molar-refractivity contribution is 5.98. The number of carbonyl (C=O) groups excluding carboxylic acids is 6. The van der Waals surface area contributed by atoms with Crippen LogP contribution in [0.2, 0.25) is 0 Å². The van der Waals surface area contributed by atoms with Crippen LogP contribution >= 0.6 is 0 Å². The lowest BCUT2D eigenvalue weighted by molar-refractivity contribution is -0.227. The number of Topliss-reactive ketones (excluding diaryl/α,β-unsaturated/α-hetero) is 1. The Bertz CT molecular complexity index is 1480. The van der Waals surface area contributed by atoms with Gasteiger partial charge in [0.05, 0.1) is 16.9 Å². The average Bonchev–Trinajstić information content (AvgIpc) is 3.40. The van der Waals surface area contributed by atoms with Gasteiger partial charge < -0.3 is 28.8 Å². The molecule has 1 N–H and O–H groups in total. The van der Waals surface area contributed by atoms with Gasteiger partial charge in [0.25, 0.3) is 0 Å². The van der Waals surface area contributed by atoms with Crippen molar-refractivity contribution in [2.45, 2.75) is 97.7 Å². The van der Waals surface area contributed by atoms with Gasteiger partial charge in [0.2, 0.25) is 5.78 Å². The van der Waals surface area contributed by atoms with Gasteiger partial charge in [-0.15, -0.1) is 0 Å². The van der Waals surface area contributed by atoms with Gasteiger partial charge in [-0.3, -0.25) is 24.0 Å². The third-order valence-corrected chi connectivity index (χ3v) is 11.2. The minimum absolute atomic E-state index is 0.141. The van der Waals surface area contributed by atoms with Crippen molar-refractivity contribution in [2.24, 2.45) is 40.4 Å². The summed E-state index contributed by atoms with van der Waals surface area (Å²) >= 11 is 0. The second-order valence-corrected chi connectivity index (χ2v) is 14.6. The summed E-state index contributed by atoms with van der Waals surface area (Å²) < 4.78 is 30.1. The Labute approximate surface area is 273 Å². The molecule has 0 heterocycles. The molecule has 11 atom stereocenters. The van der Waals surface area contributed by atoms with Gasteiger partial charge in [0.1, 0.15) is 30.5 Å². The molecule has 12 heteroatoms. The molecule has 11 unspecified atom stereocenters. The first-order valence-electron chi connectivity index (χ1n) is 16.0. The fourth-order valence-corrected chi connectivity index (χ4v) is 9.61. The predicted octanol–water partition coefficient (Wildman–Crippen LogP) is 3.21. The van der Waals surface area contributed by atoms with Crippen molar-refractivity contribution in [3.05, 3.63) is 35.9 Å². The molecular formula is C35H44O12. The maximum Gasteiger partial charge on any atom is 0.338 e. The second-order valence-electron chi connectivity index (χ2n) is 14.6. The standard InChI is InChI=1S/C35H44O12/c1-17-15-35(47-21(5)39)26(27(17)45-20(4)38)29(46-30(40)22-12-10-9-11-13-22)34(16-43-18(2)36)24(44-19(3)37)14-23-25(32(23,6)7)28(34)33(8,42)31(35)41/h9-13,17,23-29,42H,14-16H2,1-8H3. The zero-order valence-corrected chi connectivity index (χ0v) is 28.1. The molecule has 0 amide bonds. The van der Waals surface area contributed by atoms with E-state index in [1.54, 1.807) is 25.1 Å². The minimum atomic E-state index is -2.30. The molecule has 0 spiro atoms. The van der Waals surface area contributed by atoms with E-state index >= 15 is 4.79 Å². The van der Waals surface area contributed by atoms with Crippen LogP contribution in [0.3, 0.4) is 0 Å². The smallest absolute Gasteiger partial charge is 0.338 e. The van der Waals surface area contributed by atoms with Crippen molar-refractivity contribution < 1.29 is 57.6 Å². The van der Waals surface area contributed by atoms with Crippen molar-refractivity contribution in [1.29, 1.82) is 0 Å². The first-order chi connectivity index (χ1) is 21.8. The number of hydrogen-bond acceptors (Lipinski definition) is 12. The van der Waals surface area contributed by atoms with E-state index in [1.165, 1.54) is 39.8 Å². The molecule has 4 saturated carbocycles. The third kappa shape index (κ3) is 5.42. The Hall–Kier alpha value is -3.80. The van der Waals surface area contributed by atoms with Crippen LogP contribution < -0.4 is 0 Å². The SMILES string of the molecule is CC(=O)OCC12C(OC(C)=O)CC3C(C1C(C)(O)C(=O)C1(OC(C)=O)CC(C)C(OC(C)=O)C1C2OC(=O)c1ccccc1)C3(C)C. The number of rotatable bonds is 7. The summed E-state index contributed by atoms with van der Waals surface area (Å²) in [6.45, 7) is 11.2. The molecule has 0 saturated heterocycles. The molecule has 5 rings (SSSR count). The molecule has 4 fully saturated rings. The molecule has 12 nitrogen and oxygen atoms in total. The Morgan fingerprint density at radius 2 is 1.47 bits per heavy atom. The molecule has 1 aromatic rings. The molecule has 4 aliphatic rings. The summed E-state index contributed by atoms with van der Waals surface area (Å²) in [5, 5.41) is 12.7. The highest BCUT2D eigenvalue weighted by atomic mass is 16.6. The van der Waals surface area contributed by atoms with Gasteiger partial charge in [-0.2, -0.15) is 0 Å².